The molecular formula is C18H16Cl2N6O2. The maximum atomic E-state index is 12.4. The summed E-state index contributed by atoms with van der Waals surface area (Å²) >= 11 is 12.1. The Balaban J connectivity index is 1.75. The van der Waals surface area contributed by atoms with Gasteiger partial charge < -0.3 is 15.8 Å². The van der Waals surface area contributed by atoms with Gasteiger partial charge in [0.25, 0.3) is 5.91 Å². The number of carbonyl (C=O) groups excluding carboxylic acids is 1. The zero-order chi connectivity index (χ0) is 20.1. The Labute approximate surface area is 171 Å². The van der Waals surface area contributed by atoms with Crippen molar-refractivity contribution in [3.05, 3.63) is 64.4 Å². The summed E-state index contributed by atoms with van der Waals surface area (Å²) in [6, 6.07) is 11.8. The highest BCUT2D eigenvalue weighted by atomic mass is 35.5. The number of benzene rings is 2. The summed E-state index contributed by atoms with van der Waals surface area (Å²) in [4.78, 5) is 20.5. The number of hydrogen-bond acceptors (Lipinski definition) is 7. The van der Waals surface area contributed by atoms with E-state index in [0.29, 0.717) is 32.9 Å². The maximum Gasteiger partial charge on any atom is 0.273 e. The molecule has 2 aromatic carbocycles. The van der Waals surface area contributed by atoms with Gasteiger partial charge in [-0.25, -0.2) is 9.97 Å². The van der Waals surface area contributed by atoms with Crippen molar-refractivity contribution in [1.82, 2.24) is 15.4 Å². The number of aromatic nitrogens is 2. The van der Waals surface area contributed by atoms with E-state index in [2.05, 4.69) is 26.1 Å². The van der Waals surface area contributed by atoms with Crippen LogP contribution in [0, 0.1) is 0 Å². The van der Waals surface area contributed by atoms with Crippen molar-refractivity contribution in [2.75, 3.05) is 23.6 Å². The molecule has 8 nitrogen and oxygen atoms in total. The SMILES string of the molecule is COc1ccccc1C(=O)NNc1ncnc(Nc2ccc(Cl)cc2Cl)c1N. The van der Waals surface area contributed by atoms with Gasteiger partial charge in [0.15, 0.2) is 11.6 Å². The van der Waals surface area contributed by atoms with E-state index in [0.717, 1.165) is 0 Å². The quantitative estimate of drug-likeness (QED) is 0.449. The first-order valence-electron chi connectivity index (χ1n) is 8.01. The molecule has 0 spiro atoms. The summed E-state index contributed by atoms with van der Waals surface area (Å²) < 4.78 is 5.18. The molecule has 0 aliphatic rings. The van der Waals surface area contributed by atoms with Gasteiger partial charge in [-0.1, -0.05) is 35.3 Å². The van der Waals surface area contributed by atoms with Gasteiger partial charge in [0.05, 0.1) is 23.4 Å². The van der Waals surface area contributed by atoms with Crippen LogP contribution in [0.25, 0.3) is 0 Å². The first kappa shape index (κ1) is 19.5. The molecule has 0 aliphatic heterocycles. The van der Waals surface area contributed by atoms with Crippen LogP contribution in [-0.2, 0) is 0 Å². The lowest BCUT2D eigenvalue weighted by atomic mass is 10.2. The minimum Gasteiger partial charge on any atom is -0.496 e. The Morgan fingerprint density at radius 2 is 1.86 bits per heavy atom. The van der Waals surface area contributed by atoms with E-state index < -0.39 is 5.91 Å². The standard InChI is InChI=1S/C18H16Cl2N6O2/c1-28-14-5-3-2-4-11(14)18(27)26-25-17-15(21)16(22-9-23-17)24-13-7-6-10(19)8-12(13)20/h2-9H,21H2,1H3,(H,26,27)(H2,22,23,24,25). The number of halogens is 2. The van der Waals surface area contributed by atoms with Crippen LogP contribution < -0.4 is 26.6 Å². The Bertz CT molecular complexity index is 1020. The molecule has 28 heavy (non-hydrogen) atoms. The molecule has 0 fully saturated rings. The third-order valence-electron chi connectivity index (χ3n) is 3.71. The third-order valence-corrected chi connectivity index (χ3v) is 4.26. The normalized spacial score (nSPS) is 10.2. The van der Waals surface area contributed by atoms with Gasteiger partial charge in [-0.05, 0) is 30.3 Å². The van der Waals surface area contributed by atoms with E-state index in [4.69, 9.17) is 33.7 Å². The Hall–Kier alpha value is -3.23. The van der Waals surface area contributed by atoms with Crippen LogP contribution in [0.4, 0.5) is 23.0 Å². The van der Waals surface area contributed by atoms with Gasteiger partial charge in [-0.3, -0.25) is 15.6 Å². The molecule has 1 aromatic heterocycles. The predicted molar refractivity (Wildman–Crippen MR) is 110 cm³/mol. The van der Waals surface area contributed by atoms with Crippen molar-refractivity contribution >= 4 is 52.1 Å². The molecular weight excluding hydrogens is 403 g/mol. The van der Waals surface area contributed by atoms with Gasteiger partial charge in [0.1, 0.15) is 17.8 Å². The predicted octanol–water partition coefficient (Wildman–Crippen LogP) is 3.87. The zero-order valence-corrected chi connectivity index (χ0v) is 16.2. The van der Waals surface area contributed by atoms with Crippen molar-refractivity contribution in [2.45, 2.75) is 0 Å². The number of anilines is 4. The number of ether oxygens (including phenoxy) is 1. The number of carbonyl (C=O) groups is 1. The number of nitrogens with one attached hydrogen (secondary N) is 3. The first-order valence-corrected chi connectivity index (χ1v) is 8.77. The van der Waals surface area contributed by atoms with Crippen LogP contribution in [0.1, 0.15) is 10.4 Å². The molecule has 3 aromatic rings. The number of nitrogen functional groups attached to an aromatic ring is 1. The summed E-state index contributed by atoms with van der Waals surface area (Å²) in [6.07, 6.45) is 1.29. The lowest BCUT2D eigenvalue weighted by Crippen LogP contribution is -2.30. The molecule has 1 heterocycles. The summed E-state index contributed by atoms with van der Waals surface area (Å²) in [5.74, 6) is 0.557. The third kappa shape index (κ3) is 4.36. The van der Waals surface area contributed by atoms with Crippen molar-refractivity contribution in [3.8, 4) is 5.75 Å². The lowest BCUT2D eigenvalue weighted by molar-refractivity contribution is 0.0959. The van der Waals surface area contributed by atoms with Crippen LogP contribution in [0.5, 0.6) is 5.75 Å². The summed E-state index contributed by atoms with van der Waals surface area (Å²) in [5.41, 5.74) is 12.4. The molecule has 0 saturated carbocycles. The highest BCUT2D eigenvalue weighted by Gasteiger charge is 2.14. The van der Waals surface area contributed by atoms with E-state index in [1.807, 2.05) is 0 Å². The summed E-state index contributed by atoms with van der Waals surface area (Å²) in [5, 5.41) is 3.92. The Kier molecular flexibility index (Phi) is 6.03. The van der Waals surface area contributed by atoms with Crippen LogP contribution in [0.2, 0.25) is 10.0 Å². The van der Waals surface area contributed by atoms with Gasteiger partial charge in [-0.15, -0.1) is 0 Å². The monoisotopic (exact) mass is 418 g/mol. The average Bonchev–Trinajstić information content (AvgIpc) is 2.70. The van der Waals surface area contributed by atoms with Crippen LogP contribution in [-0.4, -0.2) is 23.0 Å². The largest absolute Gasteiger partial charge is 0.496 e. The highest BCUT2D eigenvalue weighted by molar-refractivity contribution is 6.36. The van der Waals surface area contributed by atoms with Crippen LogP contribution in [0.3, 0.4) is 0 Å². The smallest absolute Gasteiger partial charge is 0.273 e. The number of para-hydroxylation sites is 1. The second kappa shape index (κ2) is 8.64. The molecule has 0 bridgehead atoms. The van der Waals surface area contributed by atoms with Crippen molar-refractivity contribution in [1.29, 1.82) is 0 Å². The number of methoxy groups -OCH3 is 1. The Morgan fingerprint density at radius 1 is 1.11 bits per heavy atom. The number of nitrogens with zero attached hydrogens (tertiary/aromatic N) is 2. The van der Waals surface area contributed by atoms with Gasteiger partial charge in [-0.2, -0.15) is 0 Å². The fourth-order valence-electron chi connectivity index (χ4n) is 2.33. The molecule has 5 N–H and O–H groups in total. The van der Waals surface area contributed by atoms with E-state index in [9.17, 15) is 4.79 Å². The van der Waals surface area contributed by atoms with Gasteiger partial charge in [0.2, 0.25) is 0 Å². The molecule has 0 atom stereocenters. The second-order valence-corrected chi connectivity index (χ2v) is 6.36. The number of nitrogens with two attached hydrogens (primary N) is 1. The molecule has 10 heteroatoms. The van der Waals surface area contributed by atoms with Crippen molar-refractivity contribution in [2.24, 2.45) is 0 Å². The van der Waals surface area contributed by atoms with Crippen molar-refractivity contribution in [3.63, 3.8) is 0 Å². The fraction of sp³-hybridized carbons (Fsp3) is 0.0556. The molecule has 144 valence electrons. The van der Waals surface area contributed by atoms with E-state index in [1.165, 1.54) is 13.4 Å². The fourth-order valence-corrected chi connectivity index (χ4v) is 2.78. The van der Waals surface area contributed by atoms with E-state index in [1.54, 1.807) is 42.5 Å². The summed E-state index contributed by atoms with van der Waals surface area (Å²) in [7, 11) is 1.49. The molecule has 0 unspecified atom stereocenters. The molecule has 0 aliphatic carbocycles. The average molecular weight is 419 g/mol. The maximum absolute atomic E-state index is 12.4. The first-order chi connectivity index (χ1) is 13.5. The summed E-state index contributed by atoms with van der Waals surface area (Å²) in [6.45, 7) is 0. The molecule has 3 rings (SSSR count). The Morgan fingerprint density at radius 3 is 2.61 bits per heavy atom. The van der Waals surface area contributed by atoms with Crippen LogP contribution >= 0.6 is 23.2 Å². The van der Waals surface area contributed by atoms with Crippen molar-refractivity contribution < 1.29 is 9.53 Å². The van der Waals surface area contributed by atoms with E-state index >= 15 is 0 Å². The second-order valence-electron chi connectivity index (χ2n) is 5.51. The van der Waals surface area contributed by atoms with Gasteiger partial charge >= 0.3 is 0 Å². The minimum absolute atomic E-state index is 0.189. The number of amides is 1. The lowest BCUT2D eigenvalue weighted by Gasteiger charge is -2.14. The molecule has 0 radical (unpaired) electrons. The van der Waals surface area contributed by atoms with Crippen LogP contribution in [0.15, 0.2) is 48.8 Å². The van der Waals surface area contributed by atoms with E-state index in [-0.39, 0.29) is 11.5 Å². The minimum atomic E-state index is -0.411. The highest BCUT2D eigenvalue weighted by Crippen LogP contribution is 2.31. The molecule has 0 saturated heterocycles. The number of rotatable bonds is 6. The number of hydrazine groups is 1. The topological polar surface area (TPSA) is 114 Å². The molecule has 1 amide bonds. The van der Waals surface area contributed by atoms with Gasteiger partial charge in [0, 0.05) is 5.02 Å². The zero-order valence-electron chi connectivity index (χ0n) is 14.7. The number of hydrogen-bond donors (Lipinski definition) is 4.